The summed E-state index contributed by atoms with van der Waals surface area (Å²) in [7, 11) is 0. The molecule has 0 unspecified atom stereocenters. The van der Waals surface area contributed by atoms with Crippen molar-refractivity contribution in [2.45, 2.75) is 26.2 Å². The normalized spacial score (nSPS) is 10.4. The van der Waals surface area contributed by atoms with E-state index in [9.17, 15) is 4.39 Å². The fourth-order valence-electron chi connectivity index (χ4n) is 2.07. The number of hydrogen-bond donors (Lipinski definition) is 1. The van der Waals surface area contributed by atoms with E-state index < -0.39 is 0 Å². The van der Waals surface area contributed by atoms with E-state index in [1.54, 1.807) is 12.1 Å². The van der Waals surface area contributed by atoms with Crippen LogP contribution in [0.5, 0.6) is 5.75 Å². The first-order valence-electron chi connectivity index (χ1n) is 7.49. The Bertz CT molecular complexity index is 522. The molecule has 2 aromatic rings. The zero-order chi connectivity index (χ0) is 14.9. The Morgan fingerprint density at radius 1 is 1.00 bits per heavy atom. The molecule has 0 fully saturated rings. The van der Waals surface area contributed by atoms with E-state index in [0.717, 1.165) is 17.9 Å². The third kappa shape index (κ3) is 5.46. The van der Waals surface area contributed by atoms with E-state index in [1.807, 2.05) is 12.1 Å². The summed E-state index contributed by atoms with van der Waals surface area (Å²) in [5.41, 5.74) is 2.25. The minimum Gasteiger partial charge on any atom is -0.492 e. The van der Waals surface area contributed by atoms with E-state index in [1.165, 1.54) is 30.5 Å². The second-order valence-corrected chi connectivity index (χ2v) is 5.03. The summed E-state index contributed by atoms with van der Waals surface area (Å²) in [6, 6.07) is 14.6. The van der Waals surface area contributed by atoms with E-state index >= 15 is 0 Å². The smallest absolute Gasteiger partial charge is 0.123 e. The van der Waals surface area contributed by atoms with Crippen LogP contribution in [0.15, 0.2) is 48.5 Å². The fraction of sp³-hybridized carbons (Fsp3) is 0.333. The molecular weight excluding hydrogens is 265 g/mol. The van der Waals surface area contributed by atoms with Crippen LogP contribution in [0.1, 0.15) is 25.3 Å². The standard InChI is InChI=1S/C18H22FNO/c1-2-3-4-15-5-11-18(12-6-15)21-14-13-20-17-9-7-16(19)8-10-17/h5-12,20H,2-4,13-14H2,1H3. The average Bonchev–Trinajstić information content (AvgIpc) is 2.52. The largest absolute Gasteiger partial charge is 0.492 e. The molecule has 2 nitrogen and oxygen atoms in total. The van der Waals surface area contributed by atoms with Gasteiger partial charge in [-0.25, -0.2) is 4.39 Å². The highest BCUT2D eigenvalue weighted by Crippen LogP contribution is 2.14. The molecule has 1 N–H and O–H groups in total. The lowest BCUT2D eigenvalue weighted by Gasteiger charge is -2.09. The molecule has 2 aromatic carbocycles. The predicted molar refractivity (Wildman–Crippen MR) is 85.4 cm³/mol. The van der Waals surface area contributed by atoms with Gasteiger partial charge in [-0.15, -0.1) is 0 Å². The number of ether oxygens (including phenoxy) is 1. The molecule has 112 valence electrons. The van der Waals surface area contributed by atoms with Gasteiger partial charge in [-0.05, 0) is 54.8 Å². The van der Waals surface area contributed by atoms with Gasteiger partial charge in [-0.1, -0.05) is 25.5 Å². The summed E-state index contributed by atoms with van der Waals surface area (Å²) < 4.78 is 18.4. The van der Waals surface area contributed by atoms with Crippen molar-refractivity contribution < 1.29 is 9.13 Å². The van der Waals surface area contributed by atoms with E-state index in [2.05, 4.69) is 24.4 Å². The Labute approximate surface area is 126 Å². The van der Waals surface area contributed by atoms with Gasteiger partial charge in [0.25, 0.3) is 0 Å². The second-order valence-electron chi connectivity index (χ2n) is 5.03. The van der Waals surface area contributed by atoms with Crippen molar-refractivity contribution in [1.29, 1.82) is 0 Å². The van der Waals surface area contributed by atoms with Crippen LogP contribution in [-0.4, -0.2) is 13.2 Å². The number of hydrogen-bond acceptors (Lipinski definition) is 2. The molecule has 0 bridgehead atoms. The van der Waals surface area contributed by atoms with Crippen molar-refractivity contribution >= 4 is 5.69 Å². The summed E-state index contributed by atoms with van der Waals surface area (Å²) in [6.07, 6.45) is 3.57. The van der Waals surface area contributed by atoms with E-state index in [0.29, 0.717) is 13.2 Å². The van der Waals surface area contributed by atoms with Crippen molar-refractivity contribution in [3.8, 4) is 5.75 Å². The predicted octanol–water partition coefficient (Wildman–Crippen LogP) is 4.66. The molecule has 0 aliphatic heterocycles. The molecule has 0 radical (unpaired) electrons. The van der Waals surface area contributed by atoms with Crippen LogP contribution < -0.4 is 10.1 Å². The fourth-order valence-corrected chi connectivity index (χ4v) is 2.07. The highest BCUT2D eigenvalue weighted by atomic mass is 19.1. The van der Waals surface area contributed by atoms with Gasteiger partial charge in [0, 0.05) is 12.2 Å². The number of unbranched alkanes of at least 4 members (excludes halogenated alkanes) is 1. The molecular formula is C18H22FNO. The number of halogens is 1. The maximum absolute atomic E-state index is 12.8. The van der Waals surface area contributed by atoms with Crippen LogP contribution in [0, 0.1) is 5.82 Å². The van der Waals surface area contributed by atoms with Crippen LogP contribution in [0.3, 0.4) is 0 Å². The maximum atomic E-state index is 12.8. The Hall–Kier alpha value is -2.03. The molecule has 2 rings (SSSR count). The number of rotatable bonds is 8. The van der Waals surface area contributed by atoms with Crippen molar-refractivity contribution in [2.24, 2.45) is 0 Å². The summed E-state index contributed by atoms with van der Waals surface area (Å²) >= 11 is 0. The molecule has 21 heavy (non-hydrogen) atoms. The van der Waals surface area contributed by atoms with Gasteiger partial charge in [0.1, 0.15) is 18.2 Å². The van der Waals surface area contributed by atoms with Gasteiger partial charge in [0.05, 0.1) is 0 Å². The number of aryl methyl sites for hydroxylation is 1. The van der Waals surface area contributed by atoms with Crippen LogP contribution in [0.2, 0.25) is 0 Å². The molecule has 0 spiro atoms. The van der Waals surface area contributed by atoms with Gasteiger partial charge in [-0.2, -0.15) is 0 Å². The van der Waals surface area contributed by atoms with E-state index in [4.69, 9.17) is 4.74 Å². The second kappa shape index (κ2) is 8.30. The minimum atomic E-state index is -0.222. The highest BCUT2D eigenvalue weighted by Gasteiger charge is 1.97. The molecule has 0 aliphatic carbocycles. The monoisotopic (exact) mass is 287 g/mol. The van der Waals surface area contributed by atoms with Crippen LogP contribution >= 0.6 is 0 Å². The zero-order valence-corrected chi connectivity index (χ0v) is 12.4. The topological polar surface area (TPSA) is 21.3 Å². The van der Waals surface area contributed by atoms with Gasteiger partial charge in [0.15, 0.2) is 0 Å². The Morgan fingerprint density at radius 2 is 1.71 bits per heavy atom. The molecule has 0 amide bonds. The number of benzene rings is 2. The first-order chi connectivity index (χ1) is 10.3. The summed E-state index contributed by atoms with van der Waals surface area (Å²) in [5, 5.41) is 3.19. The van der Waals surface area contributed by atoms with Gasteiger partial charge >= 0.3 is 0 Å². The van der Waals surface area contributed by atoms with Crippen molar-refractivity contribution in [2.75, 3.05) is 18.5 Å². The Morgan fingerprint density at radius 3 is 2.38 bits per heavy atom. The summed E-state index contributed by atoms with van der Waals surface area (Å²) in [4.78, 5) is 0. The van der Waals surface area contributed by atoms with Gasteiger partial charge in [-0.3, -0.25) is 0 Å². The third-order valence-electron chi connectivity index (χ3n) is 3.29. The molecule has 3 heteroatoms. The van der Waals surface area contributed by atoms with Crippen LogP contribution in [0.4, 0.5) is 10.1 Å². The summed E-state index contributed by atoms with van der Waals surface area (Å²) in [6.45, 7) is 3.46. The summed E-state index contributed by atoms with van der Waals surface area (Å²) in [5.74, 6) is 0.663. The molecule has 0 atom stereocenters. The van der Waals surface area contributed by atoms with Crippen LogP contribution in [-0.2, 0) is 6.42 Å². The molecule has 0 heterocycles. The number of nitrogens with one attached hydrogen (secondary N) is 1. The molecule has 0 aromatic heterocycles. The third-order valence-corrected chi connectivity index (χ3v) is 3.29. The maximum Gasteiger partial charge on any atom is 0.123 e. The Balaban J connectivity index is 1.69. The Kier molecular flexibility index (Phi) is 6.07. The highest BCUT2D eigenvalue weighted by molar-refractivity contribution is 5.42. The van der Waals surface area contributed by atoms with Crippen LogP contribution in [0.25, 0.3) is 0 Å². The van der Waals surface area contributed by atoms with Crippen molar-refractivity contribution in [3.63, 3.8) is 0 Å². The van der Waals surface area contributed by atoms with E-state index in [-0.39, 0.29) is 5.82 Å². The zero-order valence-electron chi connectivity index (χ0n) is 12.4. The molecule has 0 saturated heterocycles. The number of anilines is 1. The van der Waals surface area contributed by atoms with Crippen molar-refractivity contribution in [1.82, 2.24) is 0 Å². The average molecular weight is 287 g/mol. The minimum absolute atomic E-state index is 0.222. The lowest BCUT2D eigenvalue weighted by Crippen LogP contribution is -2.11. The first kappa shape index (κ1) is 15.4. The van der Waals surface area contributed by atoms with Gasteiger partial charge < -0.3 is 10.1 Å². The lowest BCUT2D eigenvalue weighted by molar-refractivity contribution is 0.333. The quantitative estimate of drug-likeness (QED) is 0.713. The molecule has 0 saturated carbocycles. The SMILES string of the molecule is CCCCc1ccc(OCCNc2ccc(F)cc2)cc1. The van der Waals surface area contributed by atoms with Crippen molar-refractivity contribution in [3.05, 3.63) is 59.9 Å². The molecule has 0 aliphatic rings. The first-order valence-corrected chi connectivity index (χ1v) is 7.49. The lowest BCUT2D eigenvalue weighted by atomic mass is 10.1. The van der Waals surface area contributed by atoms with Gasteiger partial charge in [0.2, 0.25) is 0 Å².